The molecule has 0 aliphatic carbocycles. The van der Waals surface area contributed by atoms with E-state index in [2.05, 4.69) is 15.5 Å². The predicted molar refractivity (Wildman–Crippen MR) is 94.0 cm³/mol. The number of hydrogen-bond donors (Lipinski definition) is 2. The average molecular weight is 368 g/mol. The van der Waals surface area contributed by atoms with Crippen molar-refractivity contribution in [3.8, 4) is 5.75 Å². The second-order valence-corrected chi connectivity index (χ2v) is 6.73. The molecule has 1 saturated heterocycles. The van der Waals surface area contributed by atoms with Crippen LogP contribution in [0.3, 0.4) is 0 Å². The maximum atomic E-state index is 12.5. The van der Waals surface area contributed by atoms with E-state index in [1.54, 1.807) is 18.2 Å². The number of halogens is 1. The van der Waals surface area contributed by atoms with Gasteiger partial charge in [-0.2, -0.15) is 0 Å². The third-order valence-electron chi connectivity index (χ3n) is 4.41. The first-order chi connectivity index (χ1) is 12.0. The van der Waals surface area contributed by atoms with Gasteiger partial charge in [0.05, 0.1) is 18.9 Å². The van der Waals surface area contributed by atoms with E-state index in [1.807, 2.05) is 0 Å². The number of anilines is 1. The predicted octanol–water partition coefficient (Wildman–Crippen LogP) is 1.27. The van der Waals surface area contributed by atoms with Crippen LogP contribution in [0.5, 0.6) is 5.75 Å². The molecule has 7 nitrogen and oxygen atoms in total. The van der Waals surface area contributed by atoms with Gasteiger partial charge in [0.25, 0.3) is 17.4 Å². The number of nitrogens with zero attached hydrogens (tertiary/aromatic N) is 1. The molecule has 0 bridgehead atoms. The molecular formula is C17H22ClN3O4. The summed E-state index contributed by atoms with van der Waals surface area (Å²) in [4.78, 5) is 27.1. The van der Waals surface area contributed by atoms with E-state index in [-0.39, 0.29) is 0 Å². The van der Waals surface area contributed by atoms with Crippen LogP contribution in [-0.2, 0) is 14.3 Å². The van der Waals surface area contributed by atoms with Gasteiger partial charge in [-0.1, -0.05) is 11.6 Å². The lowest BCUT2D eigenvalue weighted by Gasteiger charge is -2.33. The Labute approximate surface area is 151 Å². The van der Waals surface area contributed by atoms with Gasteiger partial charge in [0, 0.05) is 24.7 Å². The largest absolute Gasteiger partial charge is 0.466 e. The summed E-state index contributed by atoms with van der Waals surface area (Å²) >= 11 is 5.91. The molecule has 1 aromatic rings. The smallest absolute Gasteiger partial charge is 0.278 e. The molecule has 0 saturated carbocycles. The van der Waals surface area contributed by atoms with E-state index in [1.165, 1.54) is 6.92 Å². The Bertz CT molecular complexity index is 663. The highest BCUT2D eigenvalue weighted by Gasteiger charge is 2.47. The van der Waals surface area contributed by atoms with E-state index < -0.39 is 17.4 Å². The number of rotatable bonds is 5. The summed E-state index contributed by atoms with van der Waals surface area (Å²) in [5, 5.41) is 5.96. The van der Waals surface area contributed by atoms with Crippen molar-refractivity contribution in [2.75, 3.05) is 44.7 Å². The number of carbonyl (C=O) groups is 2. The molecule has 2 aliphatic heterocycles. The Balaban J connectivity index is 1.53. The molecule has 136 valence electrons. The summed E-state index contributed by atoms with van der Waals surface area (Å²) in [5.74, 6) is -0.532. The minimum atomic E-state index is -1.60. The zero-order valence-electron chi connectivity index (χ0n) is 14.1. The maximum absolute atomic E-state index is 12.5. The minimum absolute atomic E-state index is 0.426. The molecule has 1 aromatic carbocycles. The molecule has 2 N–H and O–H groups in total. The third-order valence-corrected chi connectivity index (χ3v) is 4.65. The van der Waals surface area contributed by atoms with Crippen molar-refractivity contribution < 1.29 is 19.1 Å². The van der Waals surface area contributed by atoms with Crippen LogP contribution in [0.15, 0.2) is 18.2 Å². The molecule has 0 spiro atoms. The van der Waals surface area contributed by atoms with Gasteiger partial charge in [-0.25, -0.2) is 0 Å². The number of fused-ring (bicyclic) bond motifs is 1. The summed E-state index contributed by atoms with van der Waals surface area (Å²) in [7, 11) is 0. The molecular weight excluding hydrogens is 346 g/mol. The zero-order valence-corrected chi connectivity index (χ0v) is 14.9. The molecule has 8 heteroatoms. The highest BCUT2D eigenvalue weighted by atomic mass is 35.5. The summed E-state index contributed by atoms with van der Waals surface area (Å²) in [5.41, 5.74) is -1.13. The molecule has 2 amide bonds. The summed E-state index contributed by atoms with van der Waals surface area (Å²) in [6.07, 6.45) is 0.801. The van der Waals surface area contributed by atoms with Crippen LogP contribution in [0.25, 0.3) is 0 Å². The van der Waals surface area contributed by atoms with Gasteiger partial charge in [-0.05, 0) is 38.1 Å². The fourth-order valence-electron chi connectivity index (χ4n) is 2.84. The first-order valence-electron chi connectivity index (χ1n) is 8.37. The summed E-state index contributed by atoms with van der Waals surface area (Å²) in [6.45, 7) is 6.17. The van der Waals surface area contributed by atoms with Gasteiger partial charge in [-0.15, -0.1) is 0 Å². The Morgan fingerprint density at radius 3 is 2.92 bits per heavy atom. The van der Waals surface area contributed by atoms with Gasteiger partial charge in [0.15, 0.2) is 0 Å². The SMILES string of the molecule is CC1(C(=O)NCCCN2CCOCC2)Oc2ccc(Cl)cc2NC1=O. The highest BCUT2D eigenvalue weighted by Crippen LogP contribution is 2.35. The van der Waals surface area contributed by atoms with E-state index in [9.17, 15) is 9.59 Å². The molecule has 1 atom stereocenters. The van der Waals surface area contributed by atoms with Crippen molar-refractivity contribution in [2.24, 2.45) is 0 Å². The van der Waals surface area contributed by atoms with Crippen LogP contribution >= 0.6 is 11.6 Å². The Kier molecular flexibility index (Phi) is 5.46. The molecule has 1 unspecified atom stereocenters. The van der Waals surface area contributed by atoms with Crippen LogP contribution in [0.2, 0.25) is 5.02 Å². The van der Waals surface area contributed by atoms with Crippen LogP contribution in [0, 0.1) is 0 Å². The number of amides is 2. The monoisotopic (exact) mass is 367 g/mol. The maximum Gasteiger partial charge on any atom is 0.278 e. The van der Waals surface area contributed by atoms with Crippen molar-refractivity contribution in [3.63, 3.8) is 0 Å². The lowest BCUT2D eigenvalue weighted by atomic mass is 10.0. The van der Waals surface area contributed by atoms with Crippen molar-refractivity contribution >= 4 is 29.1 Å². The van der Waals surface area contributed by atoms with Crippen LogP contribution < -0.4 is 15.4 Å². The quantitative estimate of drug-likeness (QED) is 0.605. The number of benzene rings is 1. The molecule has 2 aliphatic rings. The van der Waals surface area contributed by atoms with Crippen molar-refractivity contribution in [1.29, 1.82) is 0 Å². The van der Waals surface area contributed by atoms with Crippen molar-refractivity contribution in [2.45, 2.75) is 18.9 Å². The van der Waals surface area contributed by atoms with Crippen LogP contribution in [0.4, 0.5) is 5.69 Å². The zero-order chi connectivity index (χ0) is 17.9. The molecule has 1 fully saturated rings. The van der Waals surface area contributed by atoms with E-state index in [0.717, 1.165) is 39.3 Å². The number of carbonyl (C=O) groups excluding carboxylic acids is 2. The lowest BCUT2D eigenvalue weighted by Crippen LogP contribution is -2.58. The lowest BCUT2D eigenvalue weighted by molar-refractivity contribution is -0.146. The van der Waals surface area contributed by atoms with Gasteiger partial charge in [-0.3, -0.25) is 14.5 Å². The van der Waals surface area contributed by atoms with Crippen molar-refractivity contribution in [3.05, 3.63) is 23.2 Å². The minimum Gasteiger partial charge on any atom is -0.466 e. The number of nitrogens with one attached hydrogen (secondary N) is 2. The molecule has 2 heterocycles. The highest BCUT2D eigenvalue weighted by molar-refractivity contribution is 6.31. The summed E-state index contributed by atoms with van der Waals surface area (Å²) in [6, 6.07) is 4.88. The number of morpholine rings is 1. The normalized spacial score (nSPS) is 23.4. The van der Waals surface area contributed by atoms with E-state index in [4.69, 9.17) is 21.1 Å². The number of hydrogen-bond acceptors (Lipinski definition) is 5. The Morgan fingerprint density at radius 1 is 1.40 bits per heavy atom. The van der Waals surface area contributed by atoms with E-state index >= 15 is 0 Å². The van der Waals surface area contributed by atoms with Crippen molar-refractivity contribution in [1.82, 2.24) is 10.2 Å². The third kappa shape index (κ3) is 4.05. The number of ether oxygens (including phenoxy) is 2. The first kappa shape index (κ1) is 18.0. The first-order valence-corrected chi connectivity index (χ1v) is 8.75. The molecule has 3 rings (SSSR count). The van der Waals surface area contributed by atoms with Gasteiger partial charge in [0.1, 0.15) is 5.75 Å². The second-order valence-electron chi connectivity index (χ2n) is 6.29. The fraction of sp³-hybridized carbons (Fsp3) is 0.529. The molecule has 0 aromatic heterocycles. The Morgan fingerprint density at radius 2 is 2.16 bits per heavy atom. The second kappa shape index (κ2) is 7.59. The van der Waals surface area contributed by atoms with Gasteiger partial charge < -0.3 is 20.1 Å². The summed E-state index contributed by atoms with van der Waals surface area (Å²) < 4.78 is 11.0. The topological polar surface area (TPSA) is 79.9 Å². The van der Waals surface area contributed by atoms with Crippen LogP contribution in [0.1, 0.15) is 13.3 Å². The standard InChI is InChI=1S/C17H22ClN3O4/c1-17(15(22)19-5-2-6-21-7-9-24-10-8-21)16(23)20-13-11-12(18)3-4-14(13)25-17/h3-4,11H,2,5-10H2,1H3,(H,19,22)(H,20,23). The van der Waals surface area contributed by atoms with Gasteiger partial charge in [0.2, 0.25) is 0 Å². The van der Waals surface area contributed by atoms with Crippen LogP contribution in [-0.4, -0.2) is 61.7 Å². The van der Waals surface area contributed by atoms with E-state index in [0.29, 0.717) is 23.0 Å². The Hall–Kier alpha value is -1.83. The molecule has 25 heavy (non-hydrogen) atoms. The van der Waals surface area contributed by atoms with Gasteiger partial charge >= 0.3 is 0 Å². The fourth-order valence-corrected chi connectivity index (χ4v) is 3.02. The molecule has 0 radical (unpaired) electrons. The average Bonchev–Trinajstić information content (AvgIpc) is 2.61.